The van der Waals surface area contributed by atoms with Gasteiger partial charge in [-0.1, -0.05) is 25.4 Å². The van der Waals surface area contributed by atoms with Gasteiger partial charge in [-0.3, -0.25) is 14.2 Å². The summed E-state index contributed by atoms with van der Waals surface area (Å²) in [6.07, 6.45) is 1.10. The molecule has 0 unspecified atom stereocenters. The van der Waals surface area contributed by atoms with Crippen molar-refractivity contribution in [2.24, 2.45) is 11.8 Å². The Balaban J connectivity index is 1.79. The predicted octanol–water partition coefficient (Wildman–Crippen LogP) is 3.37. The van der Waals surface area contributed by atoms with E-state index < -0.39 is 5.69 Å². The van der Waals surface area contributed by atoms with Crippen molar-refractivity contribution in [1.29, 1.82) is 0 Å². The Hall–Kier alpha value is -2.38. The van der Waals surface area contributed by atoms with Gasteiger partial charge in [-0.05, 0) is 54.0 Å². The van der Waals surface area contributed by atoms with Crippen LogP contribution in [0, 0.1) is 11.8 Å². The average molecular weight is 432 g/mol. The van der Waals surface area contributed by atoms with Gasteiger partial charge in [0, 0.05) is 18.1 Å². The lowest BCUT2D eigenvalue weighted by Gasteiger charge is -2.35. The minimum absolute atomic E-state index is 0.0840. The van der Waals surface area contributed by atoms with Crippen LogP contribution in [-0.4, -0.2) is 33.0 Å². The molecule has 3 aromatic rings. The van der Waals surface area contributed by atoms with Crippen molar-refractivity contribution in [3.63, 3.8) is 0 Å². The fourth-order valence-electron chi connectivity index (χ4n) is 4.16. The number of aromatic nitrogens is 2. The molecule has 1 aliphatic heterocycles. The van der Waals surface area contributed by atoms with E-state index in [1.165, 1.54) is 15.9 Å². The van der Waals surface area contributed by atoms with Crippen LogP contribution in [0.15, 0.2) is 45.3 Å². The Bertz CT molecular complexity index is 1170. The van der Waals surface area contributed by atoms with E-state index in [1.807, 2.05) is 4.90 Å². The topological polar surface area (TPSA) is 64.3 Å². The standard InChI is InChI=1S/C21H22ClN3O3S/c1-13-9-14(2)11-23(10-13)18(26)12-24-17-7-8-29-19(17)20(27)25(21(24)28)16-5-3-15(22)4-6-16/h3-8,13-14H,9-12H2,1-2H3/t13-,14+. The molecule has 0 radical (unpaired) electrons. The van der Waals surface area contributed by atoms with Gasteiger partial charge in [-0.2, -0.15) is 0 Å². The van der Waals surface area contributed by atoms with Gasteiger partial charge in [-0.15, -0.1) is 11.3 Å². The van der Waals surface area contributed by atoms with E-state index >= 15 is 0 Å². The zero-order chi connectivity index (χ0) is 20.7. The van der Waals surface area contributed by atoms with Crippen LogP contribution >= 0.6 is 22.9 Å². The Morgan fingerprint density at radius 3 is 2.41 bits per heavy atom. The van der Waals surface area contributed by atoms with E-state index in [0.29, 0.717) is 45.9 Å². The first-order valence-corrected chi connectivity index (χ1v) is 10.9. The Kier molecular flexibility index (Phi) is 5.36. The highest BCUT2D eigenvalue weighted by Crippen LogP contribution is 2.22. The van der Waals surface area contributed by atoms with Gasteiger partial charge in [0.2, 0.25) is 5.91 Å². The lowest BCUT2D eigenvalue weighted by atomic mass is 9.92. The van der Waals surface area contributed by atoms with Crippen LogP contribution in [0.5, 0.6) is 0 Å². The number of piperidine rings is 1. The van der Waals surface area contributed by atoms with Crippen LogP contribution in [0.1, 0.15) is 20.3 Å². The molecule has 1 aromatic carbocycles. The molecule has 2 atom stereocenters. The molecule has 0 spiro atoms. The highest BCUT2D eigenvalue weighted by atomic mass is 35.5. The number of hydrogen-bond acceptors (Lipinski definition) is 4. The van der Waals surface area contributed by atoms with Crippen LogP contribution in [0.3, 0.4) is 0 Å². The maximum Gasteiger partial charge on any atom is 0.336 e. The predicted molar refractivity (Wildman–Crippen MR) is 116 cm³/mol. The summed E-state index contributed by atoms with van der Waals surface area (Å²) in [6, 6.07) is 8.25. The summed E-state index contributed by atoms with van der Waals surface area (Å²) in [4.78, 5) is 41.1. The third-order valence-corrected chi connectivity index (χ3v) is 6.50. The van der Waals surface area contributed by atoms with E-state index in [-0.39, 0.29) is 18.0 Å². The maximum atomic E-state index is 13.3. The molecule has 0 saturated carbocycles. The number of likely N-dealkylation sites (tertiary alicyclic amines) is 1. The molecule has 0 aliphatic carbocycles. The number of fused-ring (bicyclic) bond motifs is 1. The van der Waals surface area contributed by atoms with Crippen LogP contribution in [0.2, 0.25) is 5.02 Å². The van der Waals surface area contributed by atoms with E-state index in [0.717, 1.165) is 11.0 Å². The molecule has 152 valence electrons. The Morgan fingerprint density at radius 2 is 1.76 bits per heavy atom. The molecule has 1 amide bonds. The van der Waals surface area contributed by atoms with Gasteiger partial charge in [0.05, 0.1) is 11.2 Å². The van der Waals surface area contributed by atoms with Gasteiger partial charge < -0.3 is 4.90 Å². The molecule has 4 rings (SSSR count). The number of halogens is 1. The lowest BCUT2D eigenvalue weighted by molar-refractivity contribution is -0.134. The summed E-state index contributed by atoms with van der Waals surface area (Å²) in [5.74, 6) is 0.770. The fourth-order valence-corrected chi connectivity index (χ4v) is 5.11. The Labute approximate surface area is 176 Å². The van der Waals surface area contributed by atoms with Gasteiger partial charge in [-0.25, -0.2) is 9.36 Å². The summed E-state index contributed by atoms with van der Waals surface area (Å²) in [5.41, 5.74) is 0.0312. The molecule has 8 heteroatoms. The van der Waals surface area contributed by atoms with Crippen molar-refractivity contribution >= 4 is 39.1 Å². The lowest BCUT2D eigenvalue weighted by Crippen LogP contribution is -2.46. The largest absolute Gasteiger partial charge is 0.341 e. The van der Waals surface area contributed by atoms with Crippen molar-refractivity contribution in [3.8, 4) is 5.69 Å². The van der Waals surface area contributed by atoms with Gasteiger partial charge in [0.15, 0.2) is 0 Å². The van der Waals surface area contributed by atoms with Gasteiger partial charge in [0.25, 0.3) is 5.56 Å². The van der Waals surface area contributed by atoms with E-state index in [2.05, 4.69) is 13.8 Å². The normalized spacial score (nSPS) is 19.6. The number of rotatable bonds is 3. The number of carbonyl (C=O) groups is 1. The molecule has 0 N–H and O–H groups in total. The summed E-state index contributed by atoms with van der Waals surface area (Å²) in [7, 11) is 0. The van der Waals surface area contributed by atoms with Crippen molar-refractivity contribution in [1.82, 2.24) is 14.0 Å². The molecule has 1 saturated heterocycles. The molecule has 2 aromatic heterocycles. The van der Waals surface area contributed by atoms with E-state index in [9.17, 15) is 14.4 Å². The monoisotopic (exact) mass is 431 g/mol. The van der Waals surface area contributed by atoms with Crippen LogP contribution < -0.4 is 11.2 Å². The summed E-state index contributed by atoms with van der Waals surface area (Å²) in [5, 5.41) is 2.28. The smallest absolute Gasteiger partial charge is 0.336 e. The number of hydrogen-bond donors (Lipinski definition) is 0. The first-order valence-electron chi connectivity index (χ1n) is 9.62. The number of nitrogens with zero attached hydrogens (tertiary/aromatic N) is 3. The van der Waals surface area contributed by atoms with Crippen molar-refractivity contribution < 1.29 is 4.79 Å². The number of thiophene rings is 1. The summed E-state index contributed by atoms with van der Waals surface area (Å²) < 4.78 is 2.98. The first-order chi connectivity index (χ1) is 13.8. The number of amides is 1. The molecule has 29 heavy (non-hydrogen) atoms. The fraction of sp³-hybridized carbons (Fsp3) is 0.381. The zero-order valence-electron chi connectivity index (χ0n) is 16.3. The second-order valence-electron chi connectivity index (χ2n) is 7.87. The third-order valence-electron chi connectivity index (χ3n) is 5.35. The van der Waals surface area contributed by atoms with Crippen molar-refractivity contribution in [2.45, 2.75) is 26.8 Å². The molecular weight excluding hydrogens is 410 g/mol. The minimum atomic E-state index is -0.519. The van der Waals surface area contributed by atoms with E-state index in [1.54, 1.807) is 35.7 Å². The second kappa shape index (κ2) is 7.80. The molecular formula is C21H22ClN3O3S. The maximum absolute atomic E-state index is 13.3. The van der Waals surface area contributed by atoms with Crippen LogP contribution in [0.4, 0.5) is 0 Å². The SMILES string of the molecule is C[C@@H]1C[C@H](C)CN(C(=O)Cn2c(=O)n(-c3ccc(Cl)cc3)c(=O)c3sccc32)C1. The second-order valence-corrected chi connectivity index (χ2v) is 9.22. The molecule has 1 aliphatic rings. The van der Waals surface area contributed by atoms with Gasteiger partial charge >= 0.3 is 5.69 Å². The van der Waals surface area contributed by atoms with Crippen LogP contribution in [-0.2, 0) is 11.3 Å². The summed E-state index contributed by atoms with van der Waals surface area (Å²) in [6.45, 7) is 5.59. The first kappa shape index (κ1) is 19.9. The van der Waals surface area contributed by atoms with Crippen LogP contribution in [0.25, 0.3) is 15.9 Å². The Morgan fingerprint density at radius 1 is 1.10 bits per heavy atom. The molecule has 1 fully saturated rings. The van der Waals surface area contributed by atoms with E-state index in [4.69, 9.17) is 11.6 Å². The van der Waals surface area contributed by atoms with Gasteiger partial charge in [0.1, 0.15) is 11.2 Å². The zero-order valence-corrected chi connectivity index (χ0v) is 17.9. The summed E-state index contributed by atoms with van der Waals surface area (Å²) >= 11 is 7.22. The third kappa shape index (κ3) is 3.76. The van der Waals surface area contributed by atoms with Crippen molar-refractivity contribution in [2.75, 3.05) is 13.1 Å². The molecule has 0 bridgehead atoms. The number of benzene rings is 1. The number of carbonyl (C=O) groups excluding carboxylic acids is 1. The average Bonchev–Trinajstić information content (AvgIpc) is 3.16. The molecule has 6 nitrogen and oxygen atoms in total. The minimum Gasteiger partial charge on any atom is -0.341 e. The molecule has 3 heterocycles. The highest BCUT2D eigenvalue weighted by molar-refractivity contribution is 7.17. The van der Waals surface area contributed by atoms with Crippen molar-refractivity contribution in [3.05, 3.63) is 61.6 Å². The quantitative estimate of drug-likeness (QED) is 0.638. The highest BCUT2D eigenvalue weighted by Gasteiger charge is 2.26.